The minimum Gasteiger partial charge on any atom is -0.313 e. The number of hydrogen-bond acceptors (Lipinski definition) is 2. The van der Waals surface area contributed by atoms with Crippen molar-refractivity contribution in [1.82, 2.24) is 9.55 Å². The highest BCUT2D eigenvalue weighted by molar-refractivity contribution is 5.32. The molecule has 0 unspecified atom stereocenters. The number of nitrogens with one attached hydrogen (secondary N) is 1. The summed E-state index contributed by atoms with van der Waals surface area (Å²) in [5.41, 5.74) is -0.0384. The van der Waals surface area contributed by atoms with Gasteiger partial charge in [-0.2, -0.15) is 0 Å². The lowest BCUT2D eigenvalue weighted by Gasteiger charge is -2.05. The van der Waals surface area contributed by atoms with Crippen LogP contribution in [0.1, 0.15) is 12.5 Å². The van der Waals surface area contributed by atoms with E-state index in [9.17, 15) is 14.0 Å². The number of H-pyrrole nitrogens is 1. The molecule has 0 aliphatic rings. The predicted molar refractivity (Wildman–Crippen MR) is 62.0 cm³/mol. The van der Waals surface area contributed by atoms with Gasteiger partial charge in [-0.1, -0.05) is 6.92 Å². The van der Waals surface area contributed by atoms with Crippen molar-refractivity contribution in [2.24, 2.45) is 0 Å². The van der Waals surface area contributed by atoms with Crippen molar-refractivity contribution in [3.63, 3.8) is 0 Å². The van der Waals surface area contributed by atoms with Crippen molar-refractivity contribution in [3.05, 3.63) is 62.7 Å². The molecule has 1 aromatic carbocycles. The van der Waals surface area contributed by atoms with Gasteiger partial charge < -0.3 is 4.98 Å². The third-order valence-electron chi connectivity index (χ3n) is 2.52. The monoisotopic (exact) mass is 234 g/mol. The molecule has 1 aromatic heterocycles. The Morgan fingerprint density at radius 1 is 1.24 bits per heavy atom. The van der Waals surface area contributed by atoms with Gasteiger partial charge in [0, 0.05) is 11.8 Å². The maximum Gasteiger partial charge on any atom is 0.332 e. The molecule has 0 aliphatic carbocycles. The Labute approximate surface area is 96.4 Å². The largest absolute Gasteiger partial charge is 0.332 e. The molecule has 1 N–H and O–H groups in total. The average Bonchev–Trinajstić information content (AvgIpc) is 2.32. The topological polar surface area (TPSA) is 54.9 Å². The molecule has 4 nitrogen and oxygen atoms in total. The Bertz CT molecular complexity index is 641. The second kappa shape index (κ2) is 4.37. The molecule has 0 bridgehead atoms. The summed E-state index contributed by atoms with van der Waals surface area (Å²) in [5, 5.41) is 0. The number of benzene rings is 1. The Morgan fingerprint density at radius 2 is 1.88 bits per heavy atom. The zero-order valence-corrected chi connectivity index (χ0v) is 9.24. The van der Waals surface area contributed by atoms with Gasteiger partial charge in [-0.25, -0.2) is 13.8 Å². The number of hydrogen-bond donors (Lipinski definition) is 1. The van der Waals surface area contributed by atoms with E-state index in [0.29, 0.717) is 17.7 Å². The Hall–Kier alpha value is -2.17. The van der Waals surface area contributed by atoms with E-state index >= 15 is 0 Å². The maximum absolute atomic E-state index is 12.8. The van der Waals surface area contributed by atoms with Crippen molar-refractivity contribution in [2.45, 2.75) is 13.3 Å². The highest BCUT2D eigenvalue weighted by Crippen LogP contribution is 2.04. The fraction of sp³-hybridized carbons (Fsp3) is 0.167. The SMILES string of the molecule is CCc1c[nH]c(=O)n(-c2ccc(F)cc2)c1=O. The highest BCUT2D eigenvalue weighted by Gasteiger charge is 2.07. The molecule has 0 spiro atoms. The minimum absolute atomic E-state index is 0.355. The molecule has 2 aromatic rings. The summed E-state index contributed by atoms with van der Waals surface area (Å²) < 4.78 is 13.8. The summed E-state index contributed by atoms with van der Waals surface area (Å²) in [6.45, 7) is 1.82. The molecule has 17 heavy (non-hydrogen) atoms. The first-order valence-electron chi connectivity index (χ1n) is 5.23. The van der Waals surface area contributed by atoms with Gasteiger partial charge in [0.05, 0.1) is 5.69 Å². The van der Waals surface area contributed by atoms with Crippen LogP contribution in [0.15, 0.2) is 40.1 Å². The number of aromatic nitrogens is 2. The molecule has 1 heterocycles. The van der Waals surface area contributed by atoms with Crippen LogP contribution in [0.25, 0.3) is 5.69 Å². The van der Waals surface area contributed by atoms with Crippen LogP contribution < -0.4 is 11.2 Å². The van der Waals surface area contributed by atoms with E-state index in [1.165, 1.54) is 30.5 Å². The van der Waals surface area contributed by atoms with Crippen LogP contribution >= 0.6 is 0 Å². The smallest absolute Gasteiger partial charge is 0.313 e. The molecule has 0 amide bonds. The highest BCUT2D eigenvalue weighted by atomic mass is 19.1. The summed E-state index contributed by atoms with van der Waals surface area (Å²) in [4.78, 5) is 26.0. The molecule has 0 fully saturated rings. The van der Waals surface area contributed by atoms with Gasteiger partial charge in [-0.15, -0.1) is 0 Å². The molecule has 0 saturated carbocycles. The average molecular weight is 234 g/mol. The van der Waals surface area contributed by atoms with E-state index in [-0.39, 0.29) is 5.56 Å². The van der Waals surface area contributed by atoms with Crippen LogP contribution in [0.2, 0.25) is 0 Å². The lowest BCUT2D eigenvalue weighted by atomic mass is 10.2. The molecule has 88 valence electrons. The molecule has 0 atom stereocenters. The molecular formula is C12H11FN2O2. The van der Waals surface area contributed by atoms with Crippen LogP contribution in [-0.2, 0) is 6.42 Å². The summed E-state index contributed by atoms with van der Waals surface area (Å²) in [6, 6.07) is 5.20. The van der Waals surface area contributed by atoms with E-state index in [4.69, 9.17) is 0 Å². The zero-order valence-electron chi connectivity index (χ0n) is 9.24. The Morgan fingerprint density at radius 3 is 2.47 bits per heavy atom. The Kier molecular flexibility index (Phi) is 2.91. The van der Waals surface area contributed by atoms with Crippen LogP contribution in [-0.4, -0.2) is 9.55 Å². The molecule has 0 radical (unpaired) electrons. The van der Waals surface area contributed by atoms with E-state index < -0.39 is 11.5 Å². The first-order valence-corrected chi connectivity index (χ1v) is 5.23. The van der Waals surface area contributed by atoms with Crippen molar-refractivity contribution < 1.29 is 4.39 Å². The molecular weight excluding hydrogens is 223 g/mol. The normalized spacial score (nSPS) is 10.5. The fourth-order valence-corrected chi connectivity index (χ4v) is 1.59. The van der Waals surface area contributed by atoms with E-state index in [0.717, 1.165) is 4.57 Å². The quantitative estimate of drug-likeness (QED) is 0.849. The second-order valence-electron chi connectivity index (χ2n) is 3.59. The predicted octanol–water partition coefficient (Wildman–Crippen LogP) is 1.23. The van der Waals surface area contributed by atoms with Crippen molar-refractivity contribution in [1.29, 1.82) is 0 Å². The first-order chi connectivity index (χ1) is 8.13. The summed E-state index contributed by atoms with van der Waals surface area (Å²) in [6.07, 6.45) is 1.93. The lowest BCUT2D eigenvalue weighted by Crippen LogP contribution is -2.35. The number of aryl methyl sites for hydroxylation is 1. The van der Waals surface area contributed by atoms with Crippen molar-refractivity contribution in [3.8, 4) is 5.69 Å². The summed E-state index contributed by atoms with van der Waals surface area (Å²) >= 11 is 0. The van der Waals surface area contributed by atoms with Gasteiger partial charge in [0.1, 0.15) is 5.82 Å². The third-order valence-corrected chi connectivity index (χ3v) is 2.52. The molecule has 0 aliphatic heterocycles. The third kappa shape index (κ3) is 2.04. The molecule has 5 heteroatoms. The van der Waals surface area contributed by atoms with Crippen molar-refractivity contribution >= 4 is 0 Å². The number of halogens is 1. The zero-order chi connectivity index (χ0) is 12.4. The number of nitrogens with zero attached hydrogens (tertiary/aromatic N) is 1. The van der Waals surface area contributed by atoms with E-state index in [1.54, 1.807) is 0 Å². The first kappa shape index (κ1) is 11.3. The van der Waals surface area contributed by atoms with Gasteiger partial charge in [0.25, 0.3) is 5.56 Å². The van der Waals surface area contributed by atoms with Gasteiger partial charge >= 0.3 is 5.69 Å². The molecule has 2 rings (SSSR count). The number of aromatic amines is 1. The lowest BCUT2D eigenvalue weighted by molar-refractivity contribution is 0.627. The van der Waals surface area contributed by atoms with Crippen LogP contribution in [0.4, 0.5) is 4.39 Å². The fourth-order valence-electron chi connectivity index (χ4n) is 1.59. The van der Waals surface area contributed by atoms with E-state index in [2.05, 4.69) is 4.98 Å². The molecule has 0 saturated heterocycles. The standard InChI is InChI=1S/C12H11FN2O2/c1-2-8-7-14-12(17)15(11(8)16)10-5-3-9(13)4-6-10/h3-7H,2H2,1H3,(H,14,17). The van der Waals surface area contributed by atoms with Crippen molar-refractivity contribution in [2.75, 3.05) is 0 Å². The van der Waals surface area contributed by atoms with Gasteiger partial charge in [0.15, 0.2) is 0 Å². The maximum atomic E-state index is 12.8. The minimum atomic E-state index is -0.529. The van der Waals surface area contributed by atoms with Crippen LogP contribution in [0.3, 0.4) is 0 Å². The van der Waals surface area contributed by atoms with Gasteiger partial charge in [-0.05, 0) is 30.7 Å². The Balaban J connectivity index is 2.71. The van der Waals surface area contributed by atoms with Gasteiger partial charge in [0.2, 0.25) is 0 Å². The summed E-state index contributed by atoms with van der Waals surface area (Å²) in [5.74, 6) is -0.412. The summed E-state index contributed by atoms with van der Waals surface area (Å²) in [7, 11) is 0. The van der Waals surface area contributed by atoms with Gasteiger partial charge in [-0.3, -0.25) is 4.79 Å². The van der Waals surface area contributed by atoms with Crippen LogP contribution in [0, 0.1) is 5.82 Å². The van der Waals surface area contributed by atoms with Crippen LogP contribution in [0.5, 0.6) is 0 Å². The van der Waals surface area contributed by atoms with E-state index in [1.807, 2.05) is 6.92 Å². The second-order valence-corrected chi connectivity index (χ2v) is 3.59. The number of rotatable bonds is 2.